The van der Waals surface area contributed by atoms with Crippen molar-refractivity contribution in [3.63, 3.8) is 0 Å². The standard InChI is InChI=1S/C52H46N2O2/c1-50(2,3)32-20-24-34(25-21-32)54(35-26-22-33(23-27-35)51(4,5)6)36-28-29-37-41(30-36)52(39-15-9-12-18-45(39)55-46-19-13-10-16-40(46)52)42-31-43(53-7)48-38-14-8-11-17-44(38)56-49(48)47(37)42/h8-31,53H,1-7H3. The summed E-state index contributed by atoms with van der Waals surface area (Å²) >= 11 is 0. The molecular weight excluding hydrogens is 685 g/mol. The van der Waals surface area contributed by atoms with Crippen molar-refractivity contribution in [3.8, 4) is 22.6 Å². The van der Waals surface area contributed by atoms with Crippen LogP contribution in [0.2, 0.25) is 0 Å². The fourth-order valence-electron chi connectivity index (χ4n) is 9.25. The van der Waals surface area contributed by atoms with Gasteiger partial charge in [0.15, 0.2) is 0 Å². The molecular formula is C52H46N2O2. The first kappa shape index (κ1) is 34.2. The molecule has 2 heterocycles. The fourth-order valence-corrected chi connectivity index (χ4v) is 9.25. The van der Waals surface area contributed by atoms with Crippen molar-refractivity contribution in [2.45, 2.75) is 57.8 Å². The number of benzene rings is 7. The topological polar surface area (TPSA) is 37.6 Å². The highest BCUT2D eigenvalue weighted by Crippen LogP contribution is 2.65. The van der Waals surface area contributed by atoms with Crippen molar-refractivity contribution in [1.29, 1.82) is 0 Å². The van der Waals surface area contributed by atoms with Gasteiger partial charge in [0.2, 0.25) is 0 Å². The predicted octanol–water partition coefficient (Wildman–Crippen LogP) is 14.2. The summed E-state index contributed by atoms with van der Waals surface area (Å²) in [6.07, 6.45) is 0. The zero-order valence-electron chi connectivity index (χ0n) is 33.1. The monoisotopic (exact) mass is 730 g/mol. The van der Waals surface area contributed by atoms with E-state index >= 15 is 0 Å². The average molecular weight is 731 g/mol. The Morgan fingerprint density at radius 2 is 1.07 bits per heavy atom. The van der Waals surface area contributed by atoms with Crippen LogP contribution in [0.4, 0.5) is 22.7 Å². The molecule has 0 amide bonds. The minimum absolute atomic E-state index is 0.0431. The van der Waals surface area contributed by atoms with Gasteiger partial charge in [0.1, 0.15) is 22.7 Å². The summed E-state index contributed by atoms with van der Waals surface area (Å²) in [7, 11) is 2.01. The Kier molecular flexibility index (Phi) is 7.41. The maximum Gasteiger partial charge on any atom is 0.145 e. The molecule has 0 radical (unpaired) electrons. The third-order valence-electron chi connectivity index (χ3n) is 12.0. The van der Waals surface area contributed by atoms with E-state index in [0.717, 1.165) is 78.4 Å². The molecule has 0 saturated heterocycles. The molecule has 276 valence electrons. The van der Waals surface area contributed by atoms with E-state index in [4.69, 9.17) is 9.15 Å². The van der Waals surface area contributed by atoms with Gasteiger partial charge in [-0.2, -0.15) is 0 Å². The molecule has 1 N–H and O–H groups in total. The maximum atomic E-state index is 6.92. The lowest BCUT2D eigenvalue weighted by Crippen LogP contribution is -2.32. The van der Waals surface area contributed by atoms with E-state index in [1.807, 2.05) is 13.1 Å². The molecule has 0 atom stereocenters. The Morgan fingerprint density at radius 1 is 0.536 bits per heavy atom. The van der Waals surface area contributed by atoms with Gasteiger partial charge in [-0.25, -0.2) is 0 Å². The smallest absolute Gasteiger partial charge is 0.145 e. The molecule has 56 heavy (non-hydrogen) atoms. The largest absolute Gasteiger partial charge is 0.457 e. The van der Waals surface area contributed by atoms with Crippen molar-refractivity contribution in [2.75, 3.05) is 17.3 Å². The van der Waals surface area contributed by atoms with Crippen LogP contribution in [0.5, 0.6) is 11.5 Å². The first-order valence-electron chi connectivity index (χ1n) is 19.7. The van der Waals surface area contributed by atoms with Crippen LogP contribution in [0.25, 0.3) is 33.1 Å². The van der Waals surface area contributed by atoms with Crippen molar-refractivity contribution in [1.82, 2.24) is 0 Å². The van der Waals surface area contributed by atoms with E-state index in [9.17, 15) is 0 Å². The van der Waals surface area contributed by atoms with Crippen molar-refractivity contribution >= 4 is 44.7 Å². The number of rotatable bonds is 4. The molecule has 1 spiro atoms. The van der Waals surface area contributed by atoms with Gasteiger partial charge in [-0.15, -0.1) is 0 Å². The summed E-state index contributed by atoms with van der Waals surface area (Å²) in [6.45, 7) is 13.6. The fraction of sp³-hybridized carbons (Fsp3) is 0.192. The van der Waals surface area contributed by atoms with Crippen molar-refractivity contribution in [3.05, 3.63) is 179 Å². The normalized spacial score (nSPS) is 13.9. The van der Waals surface area contributed by atoms with Crippen LogP contribution in [-0.2, 0) is 16.2 Å². The molecule has 10 rings (SSSR count). The second-order valence-corrected chi connectivity index (χ2v) is 17.4. The Morgan fingerprint density at radius 3 is 1.64 bits per heavy atom. The Bertz CT molecular complexity index is 2730. The van der Waals surface area contributed by atoms with Gasteiger partial charge < -0.3 is 19.4 Å². The Hall–Kier alpha value is -6.26. The van der Waals surface area contributed by atoms with Crippen LogP contribution < -0.4 is 15.0 Å². The minimum atomic E-state index is -0.692. The van der Waals surface area contributed by atoms with E-state index < -0.39 is 5.41 Å². The number of nitrogens with one attached hydrogen (secondary N) is 1. The summed E-state index contributed by atoms with van der Waals surface area (Å²) in [4.78, 5) is 2.41. The van der Waals surface area contributed by atoms with Crippen LogP contribution >= 0.6 is 0 Å². The quantitative estimate of drug-likeness (QED) is 0.196. The van der Waals surface area contributed by atoms with Gasteiger partial charge in [0.05, 0.1) is 10.8 Å². The van der Waals surface area contributed by atoms with Crippen LogP contribution in [-0.4, -0.2) is 7.05 Å². The molecule has 4 heteroatoms. The van der Waals surface area contributed by atoms with Crippen molar-refractivity contribution < 1.29 is 9.15 Å². The average Bonchev–Trinajstić information content (AvgIpc) is 3.72. The van der Waals surface area contributed by atoms with Gasteiger partial charge >= 0.3 is 0 Å². The van der Waals surface area contributed by atoms with E-state index in [1.54, 1.807) is 0 Å². The van der Waals surface area contributed by atoms with Crippen LogP contribution in [0.1, 0.15) is 74.9 Å². The zero-order chi connectivity index (χ0) is 38.6. The second-order valence-electron chi connectivity index (χ2n) is 17.4. The van der Waals surface area contributed by atoms with E-state index in [-0.39, 0.29) is 10.8 Å². The summed E-state index contributed by atoms with van der Waals surface area (Å²) in [5.74, 6) is 1.72. The summed E-state index contributed by atoms with van der Waals surface area (Å²) in [5, 5.41) is 5.78. The highest BCUT2D eigenvalue weighted by Gasteiger charge is 2.52. The lowest BCUT2D eigenvalue weighted by atomic mass is 9.66. The SMILES string of the molecule is CNc1cc2c(c3oc4ccccc4c13)-c1ccc(N(c3ccc(C(C)(C)C)cc3)c3ccc(C(C)(C)C)cc3)cc1C21c2ccccc2Oc2ccccc21. The Balaban J connectivity index is 1.30. The summed E-state index contributed by atoms with van der Waals surface area (Å²) in [5.41, 5.74) is 15.0. The van der Waals surface area contributed by atoms with E-state index in [0.29, 0.717) is 0 Å². The number of ether oxygens (including phenoxy) is 1. The molecule has 1 aliphatic carbocycles. The van der Waals surface area contributed by atoms with Crippen LogP contribution in [0, 0.1) is 0 Å². The molecule has 7 aromatic carbocycles. The van der Waals surface area contributed by atoms with E-state index in [2.05, 4.69) is 191 Å². The number of nitrogens with zero attached hydrogens (tertiary/aromatic N) is 1. The maximum absolute atomic E-state index is 6.92. The molecule has 2 aliphatic rings. The molecule has 0 saturated carbocycles. The van der Waals surface area contributed by atoms with Gasteiger partial charge in [-0.05, 0) is 99.3 Å². The lowest BCUT2D eigenvalue weighted by Gasteiger charge is -2.39. The number of anilines is 4. The van der Waals surface area contributed by atoms with Crippen LogP contribution in [0.3, 0.4) is 0 Å². The Labute approximate surface area is 329 Å². The number of furan rings is 1. The van der Waals surface area contributed by atoms with Crippen LogP contribution in [0.15, 0.2) is 150 Å². The molecule has 0 bridgehead atoms. The van der Waals surface area contributed by atoms with E-state index in [1.165, 1.54) is 22.3 Å². The molecule has 0 fully saturated rings. The third kappa shape index (κ3) is 4.91. The third-order valence-corrected chi connectivity index (χ3v) is 12.0. The van der Waals surface area contributed by atoms with Gasteiger partial charge in [-0.1, -0.05) is 126 Å². The molecule has 0 unspecified atom stereocenters. The predicted molar refractivity (Wildman–Crippen MR) is 233 cm³/mol. The first-order chi connectivity index (χ1) is 27.0. The number of para-hydroxylation sites is 3. The molecule has 1 aromatic heterocycles. The first-order valence-corrected chi connectivity index (χ1v) is 19.7. The highest BCUT2D eigenvalue weighted by molar-refractivity contribution is 6.18. The zero-order valence-corrected chi connectivity index (χ0v) is 33.1. The van der Waals surface area contributed by atoms with Gasteiger partial charge in [0.25, 0.3) is 0 Å². The molecule has 1 aliphatic heterocycles. The number of hydrogen-bond donors (Lipinski definition) is 1. The van der Waals surface area contributed by atoms with Gasteiger partial charge in [0, 0.05) is 51.9 Å². The number of fused-ring (bicyclic) bond motifs is 13. The number of hydrogen-bond acceptors (Lipinski definition) is 4. The summed E-state index contributed by atoms with van der Waals surface area (Å²) < 4.78 is 13.6. The molecule has 8 aromatic rings. The molecule has 4 nitrogen and oxygen atoms in total. The minimum Gasteiger partial charge on any atom is -0.457 e. The van der Waals surface area contributed by atoms with Crippen molar-refractivity contribution in [2.24, 2.45) is 0 Å². The second kappa shape index (κ2) is 12.1. The highest BCUT2D eigenvalue weighted by atomic mass is 16.5. The van der Waals surface area contributed by atoms with Gasteiger partial charge in [-0.3, -0.25) is 0 Å². The lowest BCUT2D eigenvalue weighted by molar-refractivity contribution is 0.436. The summed E-state index contributed by atoms with van der Waals surface area (Å²) in [6, 6.07) is 53.1.